The zero-order valence-electron chi connectivity index (χ0n) is 16.8. The highest BCUT2D eigenvalue weighted by Crippen LogP contribution is 2.16. The van der Waals surface area contributed by atoms with Crippen LogP contribution in [0.5, 0.6) is 0 Å². The normalized spacial score (nSPS) is 12.1. The molecule has 166 valence electrons. The Hall–Kier alpha value is -3.63. The fraction of sp³-hybridized carbons (Fsp3) is 0.0909. The van der Waals surface area contributed by atoms with Gasteiger partial charge in [0.05, 0.1) is 6.04 Å². The molecule has 32 heavy (non-hydrogen) atoms. The van der Waals surface area contributed by atoms with Crippen molar-refractivity contribution >= 4 is 33.2 Å². The lowest BCUT2D eigenvalue weighted by Crippen LogP contribution is -2.41. The highest BCUT2D eigenvalue weighted by atomic mass is 32.2. The summed E-state index contributed by atoms with van der Waals surface area (Å²) in [4.78, 5) is 24.3. The van der Waals surface area contributed by atoms with Gasteiger partial charge in [-0.05, 0) is 55.5 Å². The zero-order chi connectivity index (χ0) is 23.3. The fourth-order valence-electron chi connectivity index (χ4n) is 2.77. The summed E-state index contributed by atoms with van der Waals surface area (Å²) < 4.78 is 53.9. The fourth-order valence-corrected chi connectivity index (χ4v) is 4.05. The van der Waals surface area contributed by atoms with Gasteiger partial charge >= 0.3 is 0 Å². The highest BCUT2D eigenvalue weighted by Gasteiger charge is 2.24. The van der Waals surface area contributed by atoms with Gasteiger partial charge in [0.15, 0.2) is 0 Å². The SMILES string of the molecule is C[C@H](NS(=O)(=O)c1ccccc1F)C(=O)Nc1cccc(C(=O)Nc2cccc(F)c2)c1. The second-order valence-corrected chi connectivity index (χ2v) is 8.49. The van der Waals surface area contributed by atoms with E-state index in [9.17, 15) is 26.8 Å². The molecule has 0 unspecified atom stereocenters. The van der Waals surface area contributed by atoms with Crippen molar-refractivity contribution in [3.05, 3.63) is 90.0 Å². The molecule has 0 aliphatic carbocycles. The van der Waals surface area contributed by atoms with Gasteiger partial charge in [-0.3, -0.25) is 9.59 Å². The first-order valence-electron chi connectivity index (χ1n) is 9.40. The standard InChI is InChI=1S/C22H19F2N3O4S/c1-14(27-32(30,31)20-11-3-2-10-19(20)24)21(28)25-17-8-4-6-15(12-17)22(29)26-18-9-5-7-16(23)13-18/h2-14,27H,1H3,(H,25,28)(H,26,29)/t14-/m0/s1. The molecule has 0 aliphatic rings. The van der Waals surface area contributed by atoms with E-state index in [0.29, 0.717) is 0 Å². The molecule has 0 aliphatic heterocycles. The number of hydrogen-bond donors (Lipinski definition) is 3. The topological polar surface area (TPSA) is 104 Å². The maximum atomic E-state index is 13.8. The van der Waals surface area contributed by atoms with Crippen molar-refractivity contribution in [3.63, 3.8) is 0 Å². The van der Waals surface area contributed by atoms with Crippen LogP contribution in [-0.2, 0) is 14.8 Å². The van der Waals surface area contributed by atoms with Gasteiger partial charge in [0.1, 0.15) is 16.5 Å². The third kappa shape index (κ3) is 5.74. The van der Waals surface area contributed by atoms with E-state index in [1.807, 2.05) is 0 Å². The minimum Gasteiger partial charge on any atom is -0.325 e. The Kier molecular flexibility index (Phi) is 6.96. The van der Waals surface area contributed by atoms with Crippen LogP contribution < -0.4 is 15.4 Å². The molecule has 0 fully saturated rings. The molecular weight excluding hydrogens is 440 g/mol. The number of hydrogen-bond acceptors (Lipinski definition) is 4. The van der Waals surface area contributed by atoms with E-state index in [0.717, 1.165) is 18.2 Å². The van der Waals surface area contributed by atoms with Gasteiger partial charge in [-0.2, -0.15) is 4.72 Å². The maximum Gasteiger partial charge on any atom is 0.255 e. The Bertz CT molecular complexity index is 1270. The number of amides is 2. The van der Waals surface area contributed by atoms with E-state index in [4.69, 9.17) is 0 Å². The van der Waals surface area contributed by atoms with Crippen LogP contribution in [0.2, 0.25) is 0 Å². The highest BCUT2D eigenvalue weighted by molar-refractivity contribution is 7.89. The van der Waals surface area contributed by atoms with Crippen LogP contribution in [0.1, 0.15) is 17.3 Å². The molecule has 3 N–H and O–H groups in total. The summed E-state index contributed by atoms with van der Waals surface area (Å²) in [6.45, 7) is 1.30. The van der Waals surface area contributed by atoms with Gasteiger partial charge in [-0.25, -0.2) is 17.2 Å². The molecule has 2 amide bonds. The molecule has 7 nitrogen and oxygen atoms in total. The molecule has 3 aromatic rings. The summed E-state index contributed by atoms with van der Waals surface area (Å²) in [6, 6.07) is 14.8. The number of carbonyl (C=O) groups is 2. The van der Waals surface area contributed by atoms with E-state index >= 15 is 0 Å². The summed E-state index contributed by atoms with van der Waals surface area (Å²) in [5.41, 5.74) is 0.686. The van der Waals surface area contributed by atoms with E-state index < -0.39 is 44.4 Å². The number of halogens is 2. The Balaban J connectivity index is 1.67. The van der Waals surface area contributed by atoms with Crippen LogP contribution in [0, 0.1) is 11.6 Å². The lowest BCUT2D eigenvalue weighted by molar-refractivity contribution is -0.117. The van der Waals surface area contributed by atoms with Crippen LogP contribution in [0.4, 0.5) is 20.2 Å². The lowest BCUT2D eigenvalue weighted by Gasteiger charge is -2.15. The number of carbonyl (C=O) groups excluding carboxylic acids is 2. The van der Waals surface area contributed by atoms with E-state index in [1.54, 1.807) is 0 Å². The number of rotatable bonds is 7. The number of benzene rings is 3. The van der Waals surface area contributed by atoms with Gasteiger partial charge in [0, 0.05) is 16.9 Å². The Morgan fingerprint density at radius 3 is 2.19 bits per heavy atom. The monoisotopic (exact) mass is 459 g/mol. The molecule has 0 aromatic heterocycles. The van der Waals surface area contributed by atoms with Crippen molar-refractivity contribution in [3.8, 4) is 0 Å². The van der Waals surface area contributed by atoms with E-state index in [-0.39, 0.29) is 16.9 Å². The minimum absolute atomic E-state index is 0.187. The number of sulfonamides is 1. The lowest BCUT2D eigenvalue weighted by atomic mass is 10.1. The van der Waals surface area contributed by atoms with Crippen molar-refractivity contribution in [2.24, 2.45) is 0 Å². The van der Waals surface area contributed by atoms with Crippen LogP contribution >= 0.6 is 0 Å². The first-order valence-corrected chi connectivity index (χ1v) is 10.9. The average Bonchev–Trinajstić information content (AvgIpc) is 2.73. The van der Waals surface area contributed by atoms with E-state index in [1.165, 1.54) is 61.5 Å². The molecule has 0 radical (unpaired) electrons. The smallest absolute Gasteiger partial charge is 0.255 e. The Morgan fingerprint density at radius 2 is 1.50 bits per heavy atom. The zero-order valence-corrected chi connectivity index (χ0v) is 17.6. The van der Waals surface area contributed by atoms with Crippen molar-refractivity contribution in [2.45, 2.75) is 17.9 Å². The third-order valence-electron chi connectivity index (χ3n) is 4.33. The summed E-state index contributed by atoms with van der Waals surface area (Å²) in [6.07, 6.45) is 0. The van der Waals surface area contributed by atoms with Gasteiger partial charge in [0.2, 0.25) is 15.9 Å². The molecule has 0 saturated heterocycles. The first-order chi connectivity index (χ1) is 15.2. The summed E-state index contributed by atoms with van der Waals surface area (Å²) in [5, 5.41) is 5.04. The first kappa shape index (κ1) is 23.0. The Morgan fingerprint density at radius 1 is 0.844 bits per heavy atom. The molecule has 10 heteroatoms. The predicted molar refractivity (Wildman–Crippen MR) is 116 cm³/mol. The van der Waals surface area contributed by atoms with Crippen molar-refractivity contribution in [2.75, 3.05) is 10.6 Å². The van der Waals surface area contributed by atoms with Crippen molar-refractivity contribution in [1.82, 2.24) is 4.72 Å². The molecule has 0 saturated carbocycles. The van der Waals surface area contributed by atoms with E-state index in [2.05, 4.69) is 15.4 Å². The van der Waals surface area contributed by atoms with Crippen molar-refractivity contribution < 1.29 is 26.8 Å². The van der Waals surface area contributed by atoms with Crippen LogP contribution in [0.3, 0.4) is 0 Å². The van der Waals surface area contributed by atoms with Crippen LogP contribution in [-0.4, -0.2) is 26.3 Å². The number of nitrogens with one attached hydrogen (secondary N) is 3. The predicted octanol–water partition coefficient (Wildman–Crippen LogP) is 3.52. The molecule has 1 atom stereocenters. The molecule has 0 bridgehead atoms. The summed E-state index contributed by atoms with van der Waals surface area (Å²) in [5.74, 6) is -2.69. The average molecular weight is 459 g/mol. The largest absolute Gasteiger partial charge is 0.325 e. The molecule has 0 spiro atoms. The molecular formula is C22H19F2N3O4S. The Labute approximate surface area is 183 Å². The quantitative estimate of drug-likeness (QED) is 0.503. The van der Waals surface area contributed by atoms with Gasteiger partial charge < -0.3 is 10.6 Å². The van der Waals surface area contributed by atoms with Gasteiger partial charge in [-0.1, -0.05) is 24.3 Å². The minimum atomic E-state index is -4.27. The van der Waals surface area contributed by atoms with Crippen molar-refractivity contribution in [1.29, 1.82) is 0 Å². The van der Waals surface area contributed by atoms with Crippen LogP contribution in [0.25, 0.3) is 0 Å². The number of anilines is 2. The molecule has 3 aromatic carbocycles. The summed E-state index contributed by atoms with van der Waals surface area (Å²) >= 11 is 0. The third-order valence-corrected chi connectivity index (χ3v) is 5.90. The van der Waals surface area contributed by atoms with Gasteiger partial charge in [-0.15, -0.1) is 0 Å². The molecule has 3 rings (SSSR count). The van der Waals surface area contributed by atoms with Crippen LogP contribution in [0.15, 0.2) is 77.7 Å². The second-order valence-electron chi connectivity index (χ2n) is 6.81. The second kappa shape index (κ2) is 9.67. The maximum absolute atomic E-state index is 13.8. The van der Waals surface area contributed by atoms with Gasteiger partial charge in [0.25, 0.3) is 5.91 Å². The molecule has 0 heterocycles. The summed E-state index contributed by atoms with van der Waals surface area (Å²) in [7, 11) is -4.27.